The molecule has 0 saturated carbocycles. The van der Waals surface area contributed by atoms with Crippen molar-refractivity contribution >= 4 is 30.1 Å². The summed E-state index contributed by atoms with van der Waals surface area (Å²) in [6.07, 6.45) is 0.974. The molecule has 1 unspecified atom stereocenters. The first-order valence-corrected chi connectivity index (χ1v) is 9.58. The van der Waals surface area contributed by atoms with Gasteiger partial charge in [0.05, 0.1) is 17.2 Å². The van der Waals surface area contributed by atoms with E-state index < -0.39 is 0 Å². The number of imide groups is 1. The number of amides is 3. The van der Waals surface area contributed by atoms with Gasteiger partial charge in [0.2, 0.25) is 0 Å². The highest BCUT2D eigenvalue weighted by Crippen LogP contribution is 2.27. The van der Waals surface area contributed by atoms with E-state index in [4.69, 9.17) is 0 Å². The minimum Gasteiger partial charge on any atom is -0.329 e. The normalized spacial score (nSPS) is 18.5. The van der Waals surface area contributed by atoms with Gasteiger partial charge in [-0.25, -0.2) is 0 Å². The third-order valence-electron chi connectivity index (χ3n) is 5.61. The van der Waals surface area contributed by atoms with Crippen molar-refractivity contribution in [3.8, 4) is 0 Å². The second-order valence-corrected chi connectivity index (χ2v) is 7.24. The smallest absolute Gasteiger partial charge is 0.261 e. The number of hydrogen-bond acceptors (Lipinski definition) is 4. The molecule has 29 heavy (non-hydrogen) atoms. The van der Waals surface area contributed by atoms with Crippen LogP contribution in [-0.4, -0.2) is 54.2 Å². The number of nitrogens with zero attached hydrogens (tertiary/aromatic N) is 2. The second kappa shape index (κ2) is 8.35. The van der Waals surface area contributed by atoms with Crippen LogP contribution < -0.4 is 5.32 Å². The summed E-state index contributed by atoms with van der Waals surface area (Å²) in [5.41, 5.74) is 3.45. The summed E-state index contributed by atoms with van der Waals surface area (Å²) in [4.78, 5) is 40.6. The fourth-order valence-electron chi connectivity index (χ4n) is 3.88. The van der Waals surface area contributed by atoms with E-state index in [2.05, 4.69) is 36.5 Å². The number of rotatable bonds is 3. The molecule has 2 aliphatic rings. The predicted octanol–water partition coefficient (Wildman–Crippen LogP) is 2.68. The van der Waals surface area contributed by atoms with E-state index in [1.165, 1.54) is 12.6 Å². The van der Waals surface area contributed by atoms with Crippen LogP contribution in [0.2, 0.25) is 0 Å². The molecule has 1 atom stereocenters. The van der Waals surface area contributed by atoms with E-state index in [-0.39, 0.29) is 36.2 Å². The van der Waals surface area contributed by atoms with Crippen LogP contribution in [0.1, 0.15) is 55.2 Å². The first-order valence-electron chi connectivity index (χ1n) is 9.58. The van der Waals surface area contributed by atoms with Crippen LogP contribution in [0.4, 0.5) is 0 Å². The van der Waals surface area contributed by atoms with Crippen molar-refractivity contribution in [2.24, 2.45) is 0 Å². The highest BCUT2D eigenvalue weighted by molar-refractivity contribution is 6.21. The first-order chi connectivity index (χ1) is 13.5. The topological polar surface area (TPSA) is 69.7 Å². The lowest BCUT2D eigenvalue weighted by molar-refractivity contribution is 0.0633. The molecule has 2 heterocycles. The lowest BCUT2D eigenvalue weighted by atomic mass is 9.99. The Morgan fingerprint density at radius 3 is 2.45 bits per heavy atom. The van der Waals surface area contributed by atoms with Gasteiger partial charge in [0.15, 0.2) is 0 Å². The molecule has 1 N–H and O–H groups in total. The van der Waals surface area contributed by atoms with Crippen molar-refractivity contribution in [3.63, 3.8) is 0 Å². The molecule has 7 heteroatoms. The van der Waals surface area contributed by atoms with Gasteiger partial charge in [-0.3, -0.25) is 19.3 Å². The van der Waals surface area contributed by atoms with Crippen LogP contribution in [0.3, 0.4) is 0 Å². The Hall–Kier alpha value is -2.70. The van der Waals surface area contributed by atoms with Crippen molar-refractivity contribution in [1.29, 1.82) is 0 Å². The van der Waals surface area contributed by atoms with Crippen LogP contribution in [-0.2, 0) is 6.42 Å². The third-order valence-corrected chi connectivity index (χ3v) is 5.61. The minimum absolute atomic E-state index is 0. The zero-order valence-corrected chi connectivity index (χ0v) is 17.3. The number of carbonyl (C=O) groups excluding carboxylic acids is 3. The molecule has 1 saturated heterocycles. The van der Waals surface area contributed by atoms with Gasteiger partial charge in [-0.1, -0.05) is 31.2 Å². The Kier molecular flexibility index (Phi) is 6.05. The zero-order chi connectivity index (χ0) is 19.8. The Labute approximate surface area is 176 Å². The van der Waals surface area contributed by atoms with E-state index in [0.717, 1.165) is 23.4 Å². The fourth-order valence-corrected chi connectivity index (χ4v) is 3.88. The Bertz CT molecular complexity index is 958. The van der Waals surface area contributed by atoms with Crippen LogP contribution in [0, 0.1) is 0 Å². The monoisotopic (exact) mass is 413 g/mol. The van der Waals surface area contributed by atoms with Crippen molar-refractivity contribution in [1.82, 2.24) is 15.1 Å². The molecule has 3 amide bonds. The molecule has 0 aliphatic carbocycles. The summed E-state index contributed by atoms with van der Waals surface area (Å²) >= 11 is 0. The number of halogens is 1. The maximum absolute atomic E-state index is 13.3. The van der Waals surface area contributed by atoms with Gasteiger partial charge in [0.1, 0.15) is 0 Å². The molecule has 0 spiro atoms. The molecule has 6 nitrogen and oxygen atoms in total. The average molecular weight is 414 g/mol. The summed E-state index contributed by atoms with van der Waals surface area (Å²) in [5, 5.41) is 3.36. The molecule has 152 valence electrons. The van der Waals surface area contributed by atoms with Crippen molar-refractivity contribution in [2.75, 3.05) is 26.7 Å². The number of fused-ring (bicyclic) bond motifs is 1. The van der Waals surface area contributed by atoms with Gasteiger partial charge in [0.25, 0.3) is 17.7 Å². The highest BCUT2D eigenvalue weighted by atomic mass is 35.5. The van der Waals surface area contributed by atoms with Crippen LogP contribution in [0.25, 0.3) is 0 Å². The number of nitrogens with one attached hydrogen (secondary N) is 1. The molecule has 2 aromatic rings. The SMILES string of the molecule is CCc1ccc(C2CNCCN2C(=O)c2ccc3c(c2)C(=O)N(C)C3=O)cc1.Cl. The van der Waals surface area contributed by atoms with Crippen molar-refractivity contribution in [3.05, 3.63) is 70.3 Å². The first kappa shape index (κ1) is 21.0. The Morgan fingerprint density at radius 1 is 1.07 bits per heavy atom. The lowest BCUT2D eigenvalue weighted by Gasteiger charge is -2.36. The van der Waals surface area contributed by atoms with E-state index in [1.54, 1.807) is 18.2 Å². The lowest BCUT2D eigenvalue weighted by Crippen LogP contribution is -2.48. The average Bonchev–Trinajstić information content (AvgIpc) is 2.97. The number of aryl methyl sites for hydroxylation is 1. The summed E-state index contributed by atoms with van der Waals surface area (Å²) in [6.45, 7) is 4.11. The largest absolute Gasteiger partial charge is 0.329 e. The number of hydrogen-bond donors (Lipinski definition) is 1. The summed E-state index contributed by atoms with van der Waals surface area (Å²) in [7, 11) is 1.46. The van der Waals surface area contributed by atoms with Gasteiger partial charge >= 0.3 is 0 Å². The number of benzene rings is 2. The molecule has 1 fully saturated rings. The quantitative estimate of drug-likeness (QED) is 0.785. The molecule has 4 rings (SSSR count). The number of piperazine rings is 1. The van der Waals surface area contributed by atoms with Crippen LogP contribution in [0.15, 0.2) is 42.5 Å². The number of carbonyl (C=O) groups is 3. The second-order valence-electron chi connectivity index (χ2n) is 7.24. The molecular formula is C22H24ClN3O3. The van der Waals surface area contributed by atoms with Crippen LogP contribution >= 0.6 is 12.4 Å². The van der Waals surface area contributed by atoms with E-state index in [1.807, 2.05) is 4.90 Å². The molecule has 0 bridgehead atoms. The van der Waals surface area contributed by atoms with Gasteiger partial charge in [0, 0.05) is 32.2 Å². The summed E-state index contributed by atoms with van der Waals surface area (Å²) in [5.74, 6) is -0.805. The van der Waals surface area contributed by atoms with Crippen molar-refractivity contribution in [2.45, 2.75) is 19.4 Å². The van der Waals surface area contributed by atoms with E-state index in [9.17, 15) is 14.4 Å². The van der Waals surface area contributed by atoms with E-state index in [0.29, 0.717) is 29.8 Å². The molecule has 2 aromatic carbocycles. The van der Waals surface area contributed by atoms with E-state index >= 15 is 0 Å². The van der Waals surface area contributed by atoms with Crippen LogP contribution in [0.5, 0.6) is 0 Å². The molecule has 2 aliphatic heterocycles. The van der Waals surface area contributed by atoms with Gasteiger partial charge in [-0.15, -0.1) is 12.4 Å². The van der Waals surface area contributed by atoms with Gasteiger partial charge in [-0.05, 0) is 35.7 Å². The zero-order valence-electron chi connectivity index (χ0n) is 16.5. The minimum atomic E-state index is -0.360. The van der Waals surface area contributed by atoms with Crippen molar-refractivity contribution < 1.29 is 14.4 Å². The Morgan fingerprint density at radius 2 is 1.76 bits per heavy atom. The third kappa shape index (κ3) is 3.66. The van der Waals surface area contributed by atoms with Gasteiger partial charge < -0.3 is 10.2 Å². The Balaban J connectivity index is 0.00000240. The predicted molar refractivity (Wildman–Crippen MR) is 113 cm³/mol. The standard InChI is InChI=1S/C22H23N3O3.ClH/c1-3-14-4-6-15(7-5-14)19-13-23-10-11-25(19)20(26)16-8-9-17-18(12-16)22(28)24(2)21(17)27;/h4-9,12,19,23H,3,10-11,13H2,1-2H3;1H. The maximum atomic E-state index is 13.3. The highest BCUT2D eigenvalue weighted by Gasteiger charge is 2.35. The van der Waals surface area contributed by atoms with Gasteiger partial charge in [-0.2, -0.15) is 0 Å². The molecular weight excluding hydrogens is 390 g/mol. The maximum Gasteiger partial charge on any atom is 0.261 e. The molecule has 0 radical (unpaired) electrons. The summed E-state index contributed by atoms with van der Waals surface area (Å²) < 4.78 is 0. The summed E-state index contributed by atoms with van der Waals surface area (Å²) in [6, 6.07) is 13.1. The molecule has 0 aromatic heterocycles. The fraction of sp³-hybridized carbons (Fsp3) is 0.318.